The summed E-state index contributed by atoms with van der Waals surface area (Å²) in [6.07, 6.45) is 2.14. The van der Waals surface area contributed by atoms with Crippen LogP contribution in [0.2, 0.25) is 0 Å². The third-order valence-corrected chi connectivity index (χ3v) is 6.28. The van der Waals surface area contributed by atoms with E-state index in [-0.39, 0.29) is 30.1 Å². The molecule has 1 unspecified atom stereocenters. The van der Waals surface area contributed by atoms with Crippen LogP contribution in [0.25, 0.3) is 0 Å². The predicted octanol–water partition coefficient (Wildman–Crippen LogP) is 2.19. The van der Waals surface area contributed by atoms with E-state index in [1.54, 1.807) is 0 Å². The van der Waals surface area contributed by atoms with Gasteiger partial charge in [0.2, 0.25) is 11.8 Å². The van der Waals surface area contributed by atoms with Crippen LogP contribution in [0.3, 0.4) is 0 Å². The number of rotatable bonds is 6. The molecule has 2 aromatic rings. The Labute approximate surface area is 177 Å². The summed E-state index contributed by atoms with van der Waals surface area (Å²) in [4.78, 5) is 29.1. The van der Waals surface area contributed by atoms with Crippen LogP contribution in [0.1, 0.15) is 24.0 Å². The van der Waals surface area contributed by atoms with Crippen LogP contribution < -0.4 is 5.32 Å². The lowest BCUT2D eigenvalue weighted by molar-refractivity contribution is -0.140. The number of benzene rings is 2. The smallest absolute Gasteiger partial charge is 0.248 e. The highest BCUT2D eigenvalue weighted by Crippen LogP contribution is 2.32. The van der Waals surface area contributed by atoms with E-state index in [9.17, 15) is 9.59 Å². The molecule has 1 N–H and O–H groups in total. The molecule has 2 aromatic carbocycles. The summed E-state index contributed by atoms with van der Waals surface area (Å²) >= 11 is 0. The lowest BCUT2D eigenvalue weighted by Gasteiger charge is -2.43. The van der Waals surface area contributed by atoms with Gasteiger partial charge in [0.1, 0.15) is 6.61 Å². The molecule has 4 rings (SSSR count). The van der Waals surface area contributed by atoms with Gasteiger partial charge in [-0.05, 0) is 17.5 Å². The van der Waals surface area contributed by atoms with Gasteiger partial charge in [0.05, 0.1) is 18.3 Å². The molecule has 2 aliphatic rings. The molecule has 1 atom stereocenters. The molecular weight excluding hydrogens is 378 g/mol. The van der Waals surface area contributed by atoms with Gasteiger partial charge in [-0.15, -0.1) is 0 Å². The van der Waals surface area contributed by atoms with E-state index < -0.39 is 0 Å². The Balaban J connectivity index is 1.28. The summed E-state index contributed by atoms with van der Waals surface area (Å²) < 4.78 is 5.60. The van der Waals surface area contributed by atoms with Crippen molar-refractivity contribution in [2.24, 2.45) is 0 Å². The van der Waals surface area contributed by atoms with Crippen molar-refractivity contribution in [3.63, 3.8) is 0 Å². The van der Waals surface area contributed by atoms with E-state index in [4.69, 9.17) is 4.74 Å². The van der Waals surface area contributed by atoms with Crippen molar-refractivity contribution >= 4 is 11.8 Å². The number of piperidine rings is 1. The minimum Gasteiger partial charge on any atom is -0.367 e. The maximum absolute atomic E-state index is 12.8. The quantitative estimate of drug-likeness (QED) is 0.798. The molecule has 1 spiro atoms. The molecule has 0 radical (unpaired) electrons. The number of likely N-dealkylation sites (N-methyl/N-ethyl adjacent to an activating group) is 1. The normalized spacial score (nSPS) is 20.7. The van der Waals surface area contributed by atoms with Crippen molar-refractivity contribution in [1.82, 2.24) is 15.1 Å². The third kappa shape index (κ3) is 4.40. The summed E-state index contributed by atoms with van der Waals surface area (Å²) in [7, 11) is 1.88. The molecule has 158 valence electrons. The number of carbonyl (C=O) groups excluding carboxylic acids is 2. The predicted molar refractivity (Wildman–Crippen MR) is 114 cm³/mol. The second kappa shape index (κ2) is 8.98. The number of nitrogens with zero attached hydrogens (tertiary/aromatic N) is 2. The Morgan fingerprint density at radius 1 is 1.03 bits per heavy atom. The standard InChI is InChI=1S/C24H29N3O3/c1-26-23(29)21(16-19-8-4-2-5-9-19)25-24(26)12-14-27(15-13-24)22(28)18-30-17-20-10-6-3-7-11-20/h2-11,21,25H,12-18H2,1H3. The zero-order valence-corrected chi connectivity index (χ0v) is 17.4. The van der Waals surface area contributed by atoms with Crippen LogP contribution >= 0.6 is 0 Å². The van der Waals surface area contributed by atoms with Crippen LogP contribution in [0.15, 0.2) is 60.7 Å². The first-order valence-corrected chi connectivity index (χ1v) is 10.6. The second-order valence-electron chi connectivity index (χ2n) is 8.17. The molecule has 2 amide bonds. The van der Waals surface area contributed by atoms with Gasteiger partial charge >= 0.3 is 0 Å². The lowest BCUT2D eigenvalue weighted by atomic mass is 9.96. The van der Waals surface area contributed by atoms with Crippen LogP contribution in [0.4, 0.5) is 0 Å². The Hall–Kier alpha value is -2.70. The van der Waals surface area contributed by atoms with Gasteiger partial charge in [-0.2, -0.15) is 0 Å². The second-order valence-corrected chi connectivity index (χ2v) is 8.17. The first kappa shape index (κ1) is 20.6. The average Bonchev–Trinajstić information content (AvgIpc) is 3.00. The van der Waals surface area contributed by atoms with Crippen molar-refractivity contribution in [1.29, 1.82) is 0 Å². The molecule has 6 nitrogen and oxygen atoms in total. The SMILES string of the molecule is CN1C(=O)C(Cc2ccccc2)NC12CCN(C(=O)COCc1ccccc1)CC2. The van der Waals surface area contributed by atoms with Gasteiger partial charge in [-0.1, -0.05) is 60.7 Å². The number of likely N-dealkylation sites (tertiary alicyclic amines) is 1. The summed E-state index contributed by atoms with van der Waals surface area (Å²) in [5.74, 6) is 0.137. The Kier molecular flexibility index (Phi) is 6.16. The van der Waals surface area contributed by atoms with Crippen LogP contribution in [-0.2, 0) is 27.4 Å². The molecule has 2 fully saturated rings. The first-order chi connectivity index (χ1) is 14.6. The number of ether oxygens (including phenoxy) is 1. The lowest BCUT2D eigenvalue weighted by Crippen LogP contribution is -2.58. The Bertz CT molecular complexity index is 864. The van der Waals surface area contributed by atoms with E-state index in [0.717, 1.165) is 24.0 Å². The van der Waals surface area contributed by atoms with Crippen LogP contribution in [0, 0.1) is 0 Å². The molecule has 6 heteroatoms. The van der Waals surface area contributed by atoms with Crippen molar-refractivity contribution in [2.45, 2.75) is 37.6 Å². The fourth-order valence-electron chi connectivity index (χ4n) is 4.44. The summed E-state index contributed by atoms with van der Waals surface area (Å²) in [6.45, 7) is 1.76. The number of carbonyl (C=O) groups is 2. The zero-order chi connectivity index (χ0) is 21.0. The molecule has 30 heavy (non-hydrogen) atoms. The summed E-state index contributed by atoms with van der Waals surface area (Å²) in [5, 5.41) is 3.59. The number of nitrogens with one attached hydrogen (secondary N) is 1. The van der Waals surface area contributed by atoms with E-state index >= 15 is 0 Å². The fraction of sp³-hybridized carbons (Fsp3) is 0.417. The van der Waals surface area contributed by atoms with E-state index in [1.165, 1.54) is 0 Å². The fourth-order valence-corrected chi connectivity index (χ4v) is 4.44. The maximum atomic E-state index is 12.8. The van der Waals surface area contributed by atoms with Crippen LogP contribution in [0.5, 0.6) is 0 Å². The molecule has 2 aliphatic heterocycles. The largest absolute Gasteiger partial charge is 0.367 e. The third-order valence-electron chi connectivity index (χ3n) is 6.28. The molecule has 0 aromatic heterocycles. The van der Waals surface area contributed by atoms with Crippen molar-refractivity contribution < 1.29 is 14.3 Å². The van der Waals surface area contributed by atoms with Gasteiger partial charge in [0.25, 0.3) is 0 Å². The summed E-state index contributed by atoms with van der Waals surface area (Å²) in [5.41, 5.74) is 1.85. The minimum atomic E-state index is -0.363. The highest BCUT2D eigenvalue weighted by Gasteiger charge is 2.49. The molecule has 0 aliphatic carbocycles. The highest BCUT2D eigenvalue weighted by atomic mass is 16.5. The number of hydrogen-bond donors (Lipinski definition) is 1. The van der Waals surface area contributed by atoms with Crippen LogP contribution in [-0.4, -0.2) is 60.1 Å². The topological polar surface area (TPSA) is 61.9 Å². The maximum Gasteiger partial charge on any atom is 0.248 e. The monoisotopic (exact) mass is 407 g/mol. The number of amides is 2. The van der Waals surface area contributed by atoms with Crippen molar-refractivity contribution in [2.75, 3.05) is 26.7 Å². The van der Waals surface area contributed by atoms with Crippen molar-refractivity contribution in [3.8, 4) is 0 Å². The van der Waals surface area contributed by atoms with E-state index in [1.807, 2.05) is 65.4 Å². The van der Waals surface area contributed by atoms with Crippen molar-refractivity contribution in [3.05, 3.63) is 71.8 Å². The Morgan fingerprint density at radius 2 is 1.63 bits per heavy atom. The zero-order valence-electron chi connectivity index (χ0n) is 17.4. The Morgan fingerprint density at radius 3 is 2.27 bits per heavy atom. The first-order valence-electron chi connectivity index (χ1n) is 10.6. The molecule has 2 heterocycles. The minimum absolute atomic E-state index is 0.00796. The van der Waals surface area contributed by atoms with Gasteiger partial charge in [-0.25, -0.2) is 0 Å². The van der Waals surface area contributed by atoms with Gasteiger partial charge in [-0.3, -0.25) is 14.9 Å². The molecule has 2 saturated heterocycles. The molecule has 0 saturated carbocycles. The highest BCUT2D eigenvalue weighted by molar-refractivity contribution is 5.85. The number of hydrogen-bond acceptors (Lipinski definition) is 4. The molecule has 0 bridgehead atoms. The molecular formula is C24H29N3O3. The van der Waals surface area contributed by atoms with Gasteiger partial charge in [0, 0.05) is 33.0 Å². The van der Waals surface area contributed by atoms with Gasteiger partial charge in [0.15, 0.2) is 0 Å². The van der Waals surface area contributed by atoms with Gasteiger partial charge < -0.3 is 14.5 Å². The summed E-state index contributed by atoms with van der Waals surface area (Å²) in [6, 6.07) is 19.7. The average molecular weight is 408 g/mol. The van der Waals surface area contributed by atoms with E-state index in [2.05, 4.69) is 17.4 Å². The van der Waals surface area contributed by atoms with E-state index in [0.29, 0.717) is 26.1 Å².